The van der Waals surface area contributed by atoms with Crippen molar-refractivity contribution in [3.05, 3.63) is 0 Å². The molecule has 1 saturated carbocycles. The first-order valence-corrected chi connectivity index (χ1v) is 9.35. The van der Waals surface area contributed by atoms with Gasteiger partial charge in [-0.15, -0.1) is 0 Å². The summed E-state index contributed by atoms with van der Waals surface area (Å²) in [6.07, 6.45) is 3.49. The Kier molecular flexibility index (Phi) is 6.23. The van der Waals surface area contributed by atoms with Crippen molar-refractivity contribution in [2.45, 2.75) is 57.7 Å². The zero-order valence-corrected chi connectivity index (χ0v) is 14.6. The van der Waals surface area contributed by atoms with E-state index in [-0.39, 0.29) is 11.5 Å². The Hall–Kier alpha value is -0.620. The Morgan fingerprint density at radius 1 is 1.33 bits per heavy atom. The van der Waals surface area contributed by atoms with E-state index in [1.54, 1.807) is 7.05 Å². The molecule has 0 saturated heterocycles. The molecule has 6 heteroatoms. The molecule has 1 N–H and O–H groups in total. The fourth-order valence-electron chi connectivity index (χ4n) is 3.18. The molecule has 1 fully saturated rings. The predicted octanol–water partition coefficient (Wildman–Crippen LogP) is 1.77. The van der Waals surface area contributed by atoms with Crippen molar-refractivity contribution in [2.75, 3.05) is 19.9 Å². The van der Waals surface area contributed by atoms with Crippen molar-refractivity contribution in [3.63, 3.8) is 0 Å². The van der Waals surface area contributed by atoms with Crippen molar-refractivity contribution in [3.8, 4) is 0 Å². The van der Waals surface area contributed by atoms with E-state index in [0.29, 0.717) is 12.3 Å². The van der Waals surface area contributed by atoms with Gasteiger partial charge in [-0.05, 0) is 37.6 Å². The highest BCUT2D eigenvalue weighted by molar-refractivity contribution is 7.92. The lowest BCUT2D eigenvalue weighted by atomic mass is 9.68. The molecule has 0 aromatic carbocycles. The van der Waals surface area contributed by atoms with Crippen LogP contribution in [0.25, 0.3) is 0 Å². The van der Waals surface area contributed by atoms with E-state index in [9.17, 15) is 13.2 Å². The second kappa shape index (κ2) is 7.09. The minimum atomic E-state index is -3.49. The minimum absolute atomic E-state index is 0.0800. The molecular formula is C15H29NO4S. The van der Waals surface area contributed by atoms with Gasteiger partial charge in [-0.25, -0.2) is 8.42 Å². The zero-order chi connectivity index (χ0) is 16.3. The SMILES string of the molecule is CCC(C)(C)C1CCC(NC)C(S(=O)(=O)CC(=O)OC)C1. The van der Waals surface area contributed by atoms with Crippen LogP contribution in [-0.2, 0) is 19.4 Å². The number of nitrogens with one attached hydrogen (secondary N) is 1. The molecule has 1 aliphatic rings. The molecule has 5 nitrogen and oxygen atoms in total. The summed E-state index contributed by atoms with van der Waals surface area (Å²) in [7, 11) is -0.487. The lowest BCUT2D eigenvalue weighted by Gasteiger charge is -2.42. The van der Waals surface area contributed by atoms with Crippen molar-refractivity contribution in [2.24, 2.45) is 11.3 Å². The number of carbonyl (C=O) groups excluding carboxylic acids is 1. The normalized spacial score (nSPS) is 27.4. The monoisotopic (exact) mass is 319 g/mol. The molecule has 3 unspecified atom stereocenters. The minimum Gasteiger partial charge on any atom is -0.468 e. The van der Waals surface area contributed by atoms with Gasteiger partial charge in [0.25, 0.3) is 0 Å². The summed E-state index contributed by atoms with van der Waals surface area (Å²) in [5, 5.41) is 2.60. The summed E-state index contributed by atoms with van der Waals surface area (Å²) in [6.45, 7) is 6.53. The summed E-state index contributed by atoms with van der Waals surface area (Å²) in [4.78, 5) is 11.4. The largest absolute Gasteiger partial charge is 0.468 e. The first-order chi connectivity index (χ1) is 9.67. The van der Waals surface area contributed by atoms with Gasteiger partial charge in [-0.2, -0.15) is 0 Å². The molecule has 1 aliphatic carbocycles. The molecule has 0 spiro atoms. The van der Waals surface area contributed by atoms with E-state index in [4.69, 9.17) is 0 Å². The molecule has 0 radical (unpaired) electrons. The van der Waals surface area contributed by atoms with E-state index in [2.05, 4.69) is 30.8 Å². The summed E-state index contributed by atoms with van der Waals surface area (Å²) in [5.41, 5.74) is 0.123. The number of hydrogen-bond donors (Lipinski definition) is 1. The summed E-state index contributed by atoms with van der Waals surface area (Å²) < 4.78 is 29.6. The molecule has 124 valence electrons. The van der Waals surface area contributed by atoms with Crippen LogP contribution in [0.2, 0.25) is 0 Å². The number of sulfone groups is 1. The van der Waals surface area contributed by atoms with Crippen LogP contribution in [-0.4, -0.2) is 45.6 Å². The fraction of sp³-hybridized carbons (Fsp3) is 0.933. The highest BCUT2D eigenvalue weighted by Gasteiger charge is 2.43. The first kappa shape index (κ1) is 18.4. The van der Waals surface area contributed by atoms with Gasteiger partial charge in [-0.1, -0.05) is 27.2 Å². The van der Waals surface area contributed by atoms with Crippen LogP contribution in [0.3, 0.4) is 0 Å². The summed E-state index contributed by atoms with van der Waals surface area (Å²) >= 11 is 0. The van der Waals surface area contributed by atoms with E-state index in [1.807, 2.05) is 0 Å². The molecule has 0 aliphatic heterocycles. The quantitative estimate of drug-likeness (QED) is 0.755. The molecule has 0 aromatic heterocycles. The second-order valence-electron chi connectivity index (χ2n) is 6.67. The van der Waals surface area contributed by atoms with Crippen LogP contribution < -0.4 is 5.32 Å². The molecule has 1 rings (SSSR count). The zero-order valence-electron chi connectivity index (χ0n) is 13.8. The van der Waals surface area contributed by atoms with E-state index < -0.39 is 26.8 Å². The average Bonchev–Trinajstić information content (AvgIpc) is 2.45. The Bertz CT molecular complexity index is 458. The number of methoxy groups -OCH3 is 1. The van der Waals surface area contributed by atoms with Crippen molar-refractivity contribution in [1.29, 1.82) is 0 Å². The number of carbonyl (C=O) groups is 1. The Morgan fingerprint density at radius 2 is 1.95 bits per heavy atom. The van der Waals surface area contributed by atoms with Gasteiger partial charge in [-0.3, -0.25) is 4.79 Å². The van der Waals surface area contributed by atoms with Crippen LogP contribution in [0.1, 0.15) is 46.5 Å². The Labute approximate surface area is 128 Å². The van der Waals surface area contributed by atoms with Crippen LogP contribution in [0.4, 0.5) is 0 Å². The van der Waals surface area contributed by atoms with Crippen LogP contribution in [0.5, 0.6) is 0 Å². The first-order valence-electron chi connectivity index (χ1n) is 7.63. The Balaban J connectivity index is 2.96. The maximum atomic E-state index is 12.5. The number of ether oxygens (including phenoxy) is 1. The standard InChI is InChI=1S/C15H29NO4S/c1-6-15(2,3)11-7-8-12(16-4)13(9-11)21(18,19)10-14(17)20-5/h11-13,16H,6-10H2,1-5H3. The maximum absolute atomic E-state index is 12.5. The molecule has 0 amide bonds. The van der Waals surface area contributed by atoms with Crippen LogP contribution in [0.15, 0.2) is 0 Å². The van der Waals surface area contributed by atoms with Crippen molar-refractivity contribution in [1.82, 2.24) is 5.32 Å². The topological polar surface area (TPSA) is 72.5 Å². The third-order valence-corrected chi connectivity index (χ3v) is 7.27. The smallest absolute Gasteiger partial charge is 0.320 e. The Morgan fingerprint density at radius 3 is 2.43 bits per heavy atom. The van der Waals surface area contributed by atoms with E-state index in [1.165, 1.54) is 7.11 Å². The van der Waals surface area contributed by atoms with Gasteiger partial charge in [0.2, 0.25) is 0 Å². The highest BCUT2D eigenvalue weighted by atomic mass is 32.2. The second-order valence-corrected chi connectivity index (χ2v) is 8.89. The molecule has 0 aromatic rings. The third-order valence-electron chi connectivity index (χ3n) is 5.19. The lowest BCUT2D eigenvalue weighted by Crippen LogP contribution is -2.50. The molecule has 21 heavy (non-hydrogen) atoms. The maximum Gasteiger partial charge on any atom is 0.320 e. The molecular weight excluding hydrogens is 290 g/mol. The van der Waals surface area contributed by atoms with E-state index >= 15 is 0 Å². The fourth-order valence-corrected chi connectivity index (χ4v) is 5.14. The number of rotatable bonds is 6. The van der Waals surface area contributed by atoms with E-state index in [0.717, 1.165) is 19.3 Å². The molecule has 0 heterocycles. The van der Waals surface area contributed by atoms with Crippen molar-refractivity contribution < 1.29 is 17.9 Å². The van der Waals surface area contributed by atoms with Gasteiger partial charge in [0.15, 0.2) is 9.84 Å². The third kappa shape index (κ3) is 4.42. The summed E-state index contributed by atoms with van der Waals surface area (Å²) in [5.74, 6) is -0.836. The van der Waals surface area contributed by atoms with Gasteiger partial charge in [0.1, 0.15) is 5.75 Å². The highest BCUT2D eigenvalue weighted by Crippen LogP contribution is 2.42. The average molecular weight is 319 g/mol. The van der Waals surface area contributed by atoms with Gasteiger partial charge in [0.05, 0.1) is 12.4 Å². The predicted molar refractivity (Wildman–Crippen MR) is 83.9 cm³/mol. The van der Waals surface area contributed by atoms with Crippen LogP contribution in [0, 0.1) is 11.3 Å². The van der Waals surface area contributed by atoms with Crippen molar-refractivity contribution >= 4 is 15.8 Å². The van der Waals surface area contributed by atoms with Gasteiger partial charge >= 0.3 is 5.97 Å². The number of hydrogen-bond acceptors (Lipinski definition) is 5. The molecule has 0 bridgehead atoms. The van der Waals surface area contributed by atoms with Crippen LogP contribution >= 0.6 is 0 Å². The van der Waals surface area contributed by atoms with Gasteiger partial charge < -0.3 is 10.1 Å². The molecule has 3 atom stereocenters. The van der Waals surface area contributed by atoms with Gasteiger partial charge in [0, 0.05) is 6.04 Å². The lowest BCUT2D eigenvalue weighted by molar-refractivity contribution is -0.137. The summed E-state index contributed by atoms with van der Waals surface area (Å²) in [6, 6.07) is -0.0800. The number of esters is 1.